The van der Waals surface area contributed by atoms with Crippen molar-refractivity contribution in [3.63, 3.8) is 0 Å². The number of ether oxygens (including phenoxy) is 2. The van der Waals surface area contributed by atoms with Crippen molar-refractivity contribution in [3.8, 4) is 11.5 Å². The van der Waals surface area contributed by atoms with Gasteiger partial charge in [-0.15, -0.1) is 5.10 Å². The summed E-state index contributed by atoms with van der Waals surface area (Å²) in [6.07, 6.45) is 3.15. The topological polar surface area (TPSA) is 98.4 Å². The van der Waals surface area contributed by atoms with Crippen LogP contribution in [0.1, 0.15) is 30.8 Å². The molecule has 0 saturated carbocycles. The molecule has 152 valence electrons. The number of aromatic nitrogens is 4. The Kier molecular flexibility index (Phi) is 5.84. The minimum atomic E-state index is 0.0666. The minimum absolute atomic E-state index is 0.0666. The van der Waals surface area contributed by atoms with Crippen LogP contribution >= 0.6 is 0 Å². The predicted octanol–water partition coefficient (Wildman–Crippen LogP) is 1.51. The average Bonchev–Trinajstić information content (AvgIpc) is 3.15. The second-order valence-corrected chi connectivity index (χ2v) is 7.54. The van der Waals surface area contributed by atoms with E-state index in [4.69, 9.17) is 14.0 Å². The molecule has 2 aliphatic rings. The first kappa shape index (κ1) is 19.2. The fourth-order valence-electron chi connectivity index (χ4n) is 3.99. The smallest absolute Gasteiger partial charge is 0.261 e. The molecule has 2 aliphatic heterocycles. The van der Waals surface area contributed by atoms with Crippen molar-refractivity contribution in [2.45, 2.75) is 51.3 Å². The molecule has 1 N–H and O–H groups in total. The highest BCUT2D eigenvalue weighted by Crippen LogP contribution is 2.30. The lowest BCUT2D eigenvalue weighted by Gasteiger charge is -2.41. The van der Waals surface area contributed by atoms with Crippen LogP contribution in [0.3, 0.4) is 0 Å². The molecular formula is C19H28N6O3. The number of nitrogens with one attached hydrogen (secondary N) is 1. The molecule has 9 heteroatoms. The summed E-state index contributed by atoms with van der Waals surface area (Å²) in [6.45, 7) is 6.97. The minimum Gasteiger partial charge on any atom is -0.381 e. The SMILES string of the molecule is CO[C@H]1CN(c2nnc(C)cc2-c2nc(C)no2)CC[C@H]1NC1CCOCC1. The van der Waals surface area contributed by atoms with Crippen molar-refractivity contribution in [3.05, 3.63) is 17.6 Å². The van der Waals surface area contributed by atoms with Gasteiger partial charge < -0.3 is 24.2 Å². The van der Waals surface area contributed by atoms with E-state index >= 15 is 0 Å². The summed E-state index contributed by atoms with van der Waals surface area (Å²) in [5.41, 5.74) is 1.63. The number of hydrogen-bond donors (Lipinski definition) is 1. The summed E-state index contributed by atoms with van der Waals surface area (Å²) in [5.74, 6) is 1.84. The largest absolute Gasteiger partial charge is 0.381 e. The van der Waals surface area contributed by atoms with E-state index in [-0.39, 0.29) is 6.10 Å². The van der Waals surface area contributed by atoms with Gasteiger partial charge in [-0.1, -0.05) is 5.16 Å². The Labute approximate surface area is 164 Å². The van der Waals surface area contributed by atoms with Crippen molar-refractivity contribution in [2.75, 3.05) is 38.3 Å². The maximum atomic E-state index is 5.84. The van der Waals surface area contributed by atoms with E-state index in [2.05, 4.69) is 30.6 Å². The van der Waals surface area contributed by atoms with Gasteiger partial charge in [0.05, 0.1) is 17.4 Å². The van der Waals surface area contributed by atoms with Gasteiger partial charge in [-0.05, 0) is 39.2 Å². The van der Waals surface area contributed by atoms with Crippen LogP contribution in [-0.4, -0.2) is 71.9 Å². The van der Waals surface area contributed by atoms with E-state index in [0.29, 0.717) is 23.8 Å². The third-order valence-corrected chi connectivity index (χ3v) is 5.49. The lowest BCUT2D eigenvalue weighted by Crippen LogP contribution is -2.56. The van der Waals surface area contributed by atoms with Gasteiger partial charge in [-0.25, -0.2) is 0 Å². The normalized spacial score (nSPS) is 23.9. The van der Waals surface area contributed by atoms with E-state index < -0.39 is 0 Å². The molecule has 2 aromatic heterocycles. The number of hydrogen-bond acceptors (Lipinski definition) is 9. The maximum Gasteiger partial charge on any atom is 0.261 e. The highest BCUT2D eigenvalue weighted by atomic mass is 16.5. The molecule has 0 radical (unpaired) electrons. The van der Waals surface area contributed by atoms with Crippen molar-refractivity contribution in [1.82, 2.24) is 25.7 Å². The molecule has 28 heavy (non-hydrogen) atoms. The maximum absolute atomic E-state index is 5.84. The molecule has 0 bridgehead atoms. The summed E-state index contributed by atoms with van der Waals surface area (Å²) < 4.78 is 16.7. The Hall–Kier alpha value is -2.10. The van der Waals surface area contributed by atoms with Crippen molar-refractivity contribution < 1.29 is 14.0 Å². The van der Waals surface area contributed by atoms with Gasteiger partial charge in [0.1, 0.15) is 0 Å². The summed E-state index contributed by atoms with van der Waals surface area (Å²) in [5, 5.41) is 16.4. The molecular weight excluding hydrogens is 360 g/mol. The van der Waals surface area contributed by atoms with Crippen molar-refractivity contribution in [1.29, 1.82) is 0 Å². The Morgan fingerprint density at radius 3 is 2.71 bits per heavy atom. The van der Waals surface area contributed by atoms with Crippen LogP contribution in [0.2, 0.25) is 0 Å². The van der Waals surface area contributed by atoms with Gasteiger partial charge in [0.25, 0.3) is 5.89 Å². The zero-order valence-electron chi connectivity index (χ0n) is 16.7. The number of piperidine rings is 1. The van der Waals surface area contributed by atoms with E-state index in [1.165, 1.54) is 0 Å². The molecule has 4 heterocycles. The van der Waals surface area contributed by atoms with Crippen LogP contribution in [0.5, 0.6) is 0 Å². The summed E-state index contributed by atoms with van der Waals surface area (Å²) in [6, 6.07) is 2.76. The number of anilines is 1. The van der Waals surface area contributed by atoms with E-state index in [1.807, 2.05) is 19.9 Å². The predicted molar refractivity (Wildman–Crippen MR) is 103 cm³/mol. The van der Waals surface area contributed by atoms with Gasteiger partial charge in [0.15, 0.2) is 11.6 Å². The van der Waals surface area contributed by atoms with E-state index in [1.54, 1.807) is 7.11 Å². The Morgan fingerprint density at radius 2 is 2.00 bits per heavy atom. The lowest BCUT2D eigenvalue weighted by atomic mass is 9.98. The highest BCUT2D eigenvalue weighted by molar-refractivity contribution is 5.70. The number of rotatable bonds is 5. The lowest BCUT2D eigenvalue weighted by molar-refractivity contribution is 0.0359. The zero-order chi connectivity index (χ0) is 19.5. The third-order valence-electron chi connectivity index (χ3n) is 5.49. The van der Waals surface area contributed by atoms with Crippen LogP contribution in [0, 0.1) is 13.8 Å². The van der Waals surface area contributed by atoms with Crippen molar-refractivity contribution in [2.24, 2.45) is 0 Å². The molecule has 0 unspecified atom stereocenters. The third kappa shape index (κ3) is 4.16. The number of aryl methyl sites for hydroxylation is 2. The Bertz CT molecular complexity index is 792. The molecule has 9 nitrogen and oxygen atoms in total. The summed E-state index contributed by atoms with van der Waals surface area (Å²) >= 11 is 0. The van der Waals surface area contributed by atoms with Gasteiger partial charge >= 0.3 is 0 Å². The second-order valence-electron chi connectivity index (χ2n) is 7.54. The summed E-state index contributed by atoms with van der Waals surface area (Å²) in [7, 11) is 1.77. The van der Waals surface area contributed by atoms with Gasteiger partial charge in [0, 0.05) is 45.5 Å². The highest BCUT2D eigenvalue weighted by Gasteiger charge is 2.33. The van der Waals surface area contributed by atoms with Crippen LogP contribution in [0.4, 0.5) is 5.82 Å². The number of methoxy groups -OCH3 is 1. The molecule has 0 amide bonds. The molecule has 2 fully saturated rings. The number of nitrogens with zero attached hydrogens (tertiary/aromatic N) is 5. The fraction of sp³-hybridized carbons (Fsp3) is 0.684. The van der Waals surface area contributed by atoms with Gasteiger partial charge in [0.2, 0.25) is 0 Å². The van der Waals surface area contributed by atoms with Crippen LogP contribution in [0.25, 0.3) is 11.5 Å². The van der Waals surface area contributed by atoms with Gasteiger partial charge in [-0.2, -0.15) is 10.1 Å². The van der Waals surface area contributed by atoms with Crippen LogP contribution in [-0.2, 0) is 9.47 Å². The van der Waals surface area contributed by atoms with E-state index in [0.717, 1.165) is 62.6 Å². The first-order valence-electron chi connectivity index (χ1n) is 9.90. The molecule has 0 aliphatic carbocycles. The quantitative estimate of drug-likeness (QED) is 0.817. The monoisotopic (exact) mass is 388 g/mol. The molecule has 4 rings (SSSR count). The first-order valence-corrected chi connectivity index (χ1v) is 9.90. The first-order chi connectivity index (χ1) is 13.6. The average molecular weight is 388 g/mol. The zero-order valence-corrected chi connectivity index (χ0v) is 16.7. The molecule has 0 aromatic carbocycles. The van der Waals surface area contributed by atoms with E-state index in [9.17, 15) is 0 Å². The van der Waals surface area contributed by atoms with Crippen LogP contribution in [0.15, 0.2) is 10.6 Å². The molecule has 2 saturated heterocycles. The van der Waals surface area contributed by atoms with Crippen molar-refractivity contribution >= 4 is 5.82 Å². The van der Waals surface area contributed by atoms with Crippen LogP contribution < -0.4 is 10.2 Å². The summed E-state index contributed by atoms with van der Waals surface area (Å²) in [4.78, 5) is 6.59. The molecule has 2 atom stereocenters. The Morgan fingerprint density at radius 1 is 1.18 bits per heavy atom. The molecule has 0 spiro atoms. The standard InChI is InChI=1S/C19H28N6O3/c1-12-10-15(19-20-13(2)24-28-19)18(23-22-12)25-7-4-16(17(11-25)26-3)21-14-5-8-27-9-6-14/h10,14,16-17,21H,4-9,11H2,1-3H3/t16-,17+/m1/s1. The second kappa shape index (κ2) is 8.50. The molecule has 2 aromatic rings. The van der Waals surface area contributed by atoms with Gasteiger partial charge in [-0.3, -0.25) is 0 Å². The fourth-order valence-corrected chi connectivity index (χ4v) is 3.99. The Balaban J connectivity index is 1.51.